The van der Waals surface area contributed by atoms with Crippen LogP contribution in [0.2, 0.25) is 0 Å². The van der Waals surface area contributed by atoms with Crippen LogP contribution in [0.15, 0.2) is 36.4 Å². The zero-order valence-corrected chi connectivity index (χ0v) is 19.3. The fourth-order valence-electron chi connectivity index (χ4n) is 4.11. The quantitative estimate of drug-likeness (QED) is 0.644. The minimum absolute atomic E-state index is 0.0342. The number of hydrogen-bond acceptors (Lipinski definition) is 6. The fourth-order valence-corrected chi connectivity index (χ4v) is 4.11. The van der Waals surface area contributed by atoms with E-state index < -0.39 is 0 Å². The van der Waals surface area contributed by atoms with Crippen LogP contribution in [-0.2, 0) is 0 Å². The summed E-state index contributed by atoms with van der Waals surface area (Å²) in [6, 6.07) is 10.7. The summed E-state index contributed by atoms with van der Waals surface area (Å²) in [4.78, 5) is 36.9. The van der Waals surface area contributed by atoms with E-state index in [9.17, 15) is 9.59 Å². The number of benzene rings is 2. The van der Waals surface area contributed by atoms with Crippen molar-refractivity contribution in [3.05, 3.63) is 58.9 Å². The number of hydrogen-bond donors (Lipinski definition) is 1. The summed E-state index contributed by atoms with van der Waals surface area (Å²) in [5, 5.41) is 3.06. The van der Waals surface area contributed by atoms with E-state index in [-0.39, 0.29) is 17.9 Å². The highest BCUT2D eigenvalue weighted by Crippen LogP contribution is 2.28. The summed E-state index contributed by atoms with van der Waals surface area (Å²) < 4.78 is 10.7. The van der Waals surface area contributed by atoms with E-state index in [2.05, 4.69) is 15.3 Å². The van der Waals surface area contributed by atoms with E-state index >= 15 is 0 Å². The summed E-state index contributed by atoms with van der Waals surface area (Å²) in [6.07, 6.45) is 1.33. The second-order valence-electron chi connectivity index (χ2n) is 8.18. The Morgan fingerprint density at radius 2 is 1.55 bits per heavy atom. The lowest BCUT2D eigenvalue weighted by molar-refractivity contribution is 0.0698. The van der Waals surface area contributed by atoms with Gasteiger partial charge in [-0.1, -0.05) is 6.07 Å². The minimum Gasteiger partial charge on any atom is -0.496 e. The molecule has 1 aliphatic rings. The van der Waals surface area contributed by atoms with Crippen molar-refractivity contribution in [2.75, 3.05) is 27.3 Å². The predicted octanol–water partition coefficient (Wildman–Crippen LogP) is 3.30. The minimum atomic E-state index is -0.243. The molecule has 33 heavy (non-hydrogen) atoms. The number of carbonyl (C=O) groups excluding carboxylic acids is 2. The maximum Gasteiger partial charge on any atom is 0.259 e. The number of amides is 2. The number of piperidine rings is 1. The first-order chi connectivity index (χ1) is 15.9. The van der Waals surface area contributed by atoms with E-state index in [1.807, 2.05) is 24.8 Å². The SMILES string of the molecule is COc1cccc(OC)c1C(=O)NC1CCN(C(=O)c2ccc3nc(C)c(C)nc3c2)CC1. The number of aromatic nitrogens is 2. The van der Waals surface area contributed by atoms with E-state index in [4.69, 9.17) is 9.47 Å². The number of methoxy groups -OCH3 is 2. The van der Waals surface area contributed by atoms with Crippen molar-refractivity contribution in [2.24, 2.45) is 0 Å². The van der Waals surface area contributed by atoms with Gasteiger partial charge in [-0.15, -0.1) is 0 Å². The molecule has 3 aromatic rings. The van der Waals surface area contributed by atoms with Gasteiger partial charge in [-0.2, -0.15) is 0 Å². The van der Waals surface area contributed by atoms with Crippen LogP contribution in [0.1, 0.15) is 44.9 Å². The Morgan fingerprint density at radius 3 is 2.15 bits per heavy atom. The second-order valence-corrected chi connectivity index (χ2v) is 8.18. The summed E-state index contributed by atoms with van der Waals surface area (Å²) in [6.45, 7) is 4.95. The molecule has 0 unspecified atom stereocenters. The third kappa shape index (κ3) is 4.60. The standard InChI is InChI=1S/C25H28N4O4/c1-15-16(2)27-20-14-17(8-9-19(20)26-15)25(31)29-12-10-18(11-13-29)28-24(30)23-21(32-3)6-5-7-22(23)33-4/h5-9,14,18H,10-13H2,1-4H3,(H,28,30). The lowest BCUT2D eigenvalue weighted by atomic mass is 10.0. The highest BCUT2D eigenvalue weighted by molar-refractivity contribution is 6.00. The molecule has 4 rings (SSSR count). The highest BCUT2D eigenvalue weighted by atomic mass is 16.5. The first-order valence-electron chi connectivity index (χ1n) is 11.0. The van der Waals surface area contributed by atoms with Crippen LogP contribution in [0.5, 0.6) is 11.5 Å². The first-order valence-corrected chi connectivity index (χ1v) is 11.0. The molecule has 0 bridgehead atoms. The van der Waals surface area contributed by atoms with E-state index in [1.165, 1.54) is 14.2 Å². The zero-order chi connectivity index (χ0) is 23.5. The zero-order valence-electron chi connectivity index (χ0n) is 19.3. The van der Waals surface area contributed by atoms with E-state index in [1.54, 1.807) is 30.3 Å². The number of aryl methyl sites for hydroxylation is 2. The molecule has 2 aromatic carbocycles. The number of nitrogens with one attached hydrogen (secondary N) is 1. The molecular formula is C25H28N4O4. The van der Waals surface area contributed by atoms with E-state index in [0.29, 0.717) is 48.6 Å². The second kappa shape index (κ2) is 9.44. The molecule has 0 atom stereocenters. The Balaban J connectivity index is 1.41. The average Bonchev–Trinajstić information content (AvgIpc) is 2.83. The van der Waals surface area contributed by atoms with Gasteiger partial charge < -0.3 is 19.7 Å². The smallest absolute Gasteiger partial charge is 0.259 e. The Kier molecular flexibility index (Phi) is 6.44. The number of rotatable bonds is 5. The van der Waals surface area contributed by atoms with Gasteiger partial charge in [0.1, 0.15) is 17.1 Å². The van der Waals surface area contributed by atoms with Gasteiger partial charge in [0.2, 0.25) is 0 Å². The lowest BCUT2D eigenvalue weighted by Gasteiger charge is -2.32. The molecule has 1 aromatic heterocycles. The monoisotopic (exact) mass is 448 g/mol. The Bertz CT molecular complexity index is 1180. The van der Waals surface area contributed by atoms with Crippen molar-refractivity contribution >= 4 is 22.8 Å². The van der Waals surface area contributed by atoms with Crippen molar-refractivity contribution in [1.82, 2.24) is 20.2 Å². The van der Waals surface area contributed by atoms with Crippen molar-refractivity contribution in [1.29, 1.82) is 0 Å². The van der Waals surface area contributed by atoms with Crippen molar-refractivity contribution in [3.8, 4) is 11.5 Å². The van der Waals surface area contributed by atoms with Gasteiger partial charge in [-0.3, -0.25) is 9.59 Å². The number of likely N-dealkylation sites (tertiary alicyclic amines) is 1. The maximum absolute atomic E-state index is 13.1. The van der Waals surface area contributed by atoms with Crippen LogP contribution >= 0.6 is 0 Å². The van der Waals surface area contributed by atoms with Gasteiger partial charge in [-0.25, -0.2) is 9.97 Å². The van der Waals surface area contributed by atoms with Crippen LogP contribution in [0.25, 0.3) is 11.0 Å². The number of nitrogens with zero attached hydrogens (tertiary/aromatic N) is 3. The van der Waals surface area contributed by atoms with Crippen LogP contribution in [-0.4, -0.2) is 60.0 Å². The molecule has 8 heteroatoms. The third-order valence-corrected chi connectivity index (χ3v) is 6.09. The van der Waals surface area contributed by atoms with Gasteiger partial charge in [0.25, 0.3) is 11.8 Å². The van der Waals surface area contributed by atoms with Crippen molar-refractivity contribution < 1.29 is 19.1 Å². The molecule has 2 amide bonds. The molecule has 1 saturated heterocycles. The number of ether oxygens (including phenoxy) is 2. The molecule has 1 fully saturated rings. The van der Waals surface area contributed by atoms with Gasteiger partial charge >= 0.3 is 0 Å². The van der Waals surface area contributed by atoms with E-state index in [0.717, 1.165) is 22.4 Å². The van der Waals surface area contributed by atoms with Crippen LogP contribution < -0.4 is 14.8 Å². The van der Waals surface area contributed by atoms with Crippen LogP contribution in [0, 0.1) is 13.8 Å². The fraction of sp³-hybridized carbons (Fsp3) is 0.360. The summed E-state index contributed by atoms with van der Waals surface area (Å²) in [7, 11) is 3.05. The van der Waals surface area contributed by atoms with Crippen LogP contribution in [0.3, 0.4) is 0 Å². The van der Waals surface area contributed by atoms with Crippen molar-refractivity contribution in [2.45, 2.75) is 32.7 Å². The number of carbonyl (C=O) groups is 2. The number of fused-ring (bicyclic) bond motifs is 1. The van der Waals surface area contributed by atoms with Gasteiger partial charge in [0, 0.05) is 24.7 Å². The van der Waals surface area contributed by atoms with Crippen LogP contribution in [0.4, 0.5) is 0 Å². The van der Waals surface area contributed by atoms with Gasteiger partial charge in [0.15, 0.2) is 0 Å². The highest BCUT2D eigenvalue weighted by Gasteiger charge is 2.27. The first kappa shape index (κ1) is 22.5. The Labute approximate surface area is 192 Å². The Hall–Kier alpha value is -3.68. The summed E-state index contributed by atoms with van der Waals surface area (Å²) >= 11 is 0. The topological polar surface area (TPSA) is 93.7 Å². The molecule has 0 aliphatic carbocycles. The lowest BCUT2D eigenvalue weighted by Crippen LogP contribution is -2.46. The van der Waals surface area contributed by atoms with Gasteiger partial charge in [-0.05, 0) is 57.0 Å². The molecular weight excluding hydrogens is 420 g/mol. The van der Waals surface area contributed by atoms with Crippen molar-refractivity contribution in [3.63, 3.8) is 0 Å². The summed E-state index contributed by atoms with van der Waals surface area (Å²) in [5.74, 6) is 0.648. The normalized spacial score (nSPS) is 14.2. The Morgan fingerprint density at radius 1 is 0.939 bits per heavy atom. The molecule has 2 heterocycles. The maximum atomic E-state index is 13.1. The molecule has 0 spiro atoms. The predicted molar refractivity (Wildman–Crippen MR) is 125 cm³/mol. The molecule has 172 valence electrons. The average molecular weight is 449 g/mol. The largest absolute Gasteiger partial charge is 0.496 e. The van der Waals surface area contributed by atoms with Gasteiger partial charge in [0.05, 0.1) is 36.6 Å². The molecule has 1 aliphatic heterocycles. The molecule has 8 nitrogen and oxygen atoms in total. The molecule has 1 N–H and O–H groups in total. The summed E-state index contributed by atoms with van der Waals surface area (Å²) in [5.41, 5.74) is 4.22. The third-order valence-electron chi connectivity index (χ3n) is 6.09. The molecule has 0 saturated carbocycles. The molecule has 0 radical (unpaired) electrons.